The topological polar surface area (TPSA) is 179 Å². The van der Waals surface area contributed by atoms with Gasteiger partial charge in [-0.2, -0.15) is 0 Å². The Balaban J connectivity index is -0.000000483. The van der Waals surface area contributed by atoms with Gasteiger partial charge in [-0.25, -0.2) is 19.6 Å². The number of hydrogen-bond donors (Lipinski definition) is 2. The van der Waals surface area contributed by atoms with Gasteiger partial charge in [0.25, 0.3) is 0 Å². The molecule has 0 fully saturated rings. The van der Waals surface area contributed by atoms with Crippen LogP contribution in [0.4, 0.5) is 0 Å². The SMILES string of the molecule is C.C.CC(C)C(CN)C(=O)OCOC(=O)/C=C/c1ccc(Cn2ccnc2)cc1.CNCC(C(=O)OCOC(=O)/C=C/c1ccc(Cn2ccnc2)cc1)C(C)C.Cl.Cl.[2H]CC.[3H]C. The molecule has 2 heterocycles. The largest absolute Gasteiger partial charge is 0.428 e. The van der Waals surface area contributed by atoms with Crippen molar-refractivity contribution >= 4 is 60.8 Å². The van der Waals surface area contributed by atoms with Crippen molar-refractivity contribution < 1.29 is 40.9 Å². The number of ether oxygens (including phenoxy) is 4. The number of rotatable bonds is 19. The predicted molar refractivity (Wildman–Crippen MR) is 253 cm³/mol. The maximum absolute atomic E-state index is 12.0. The van der Waals surface area contributed by atoms with Gasteiger partial charge < -0.3 is 39.1 Å². The number of imidazole rings is 2. The molecule has 4 aromatic rings. The number of nitrogens with two attached hydrogens (primary N) is 1. The lowest BCUT2D eigenvalue weighted by Gasteiger charge is -2.18. The number of halogens is 2. The molecule has 0 spiro atoms. The minimum Gasteiger partial charge on any atom is -0.428 e. The maximum atomic E-state index is 12.0. The third-order valence-electron chi connectivity index (χ3n) is 8.33. The molecule has 0 aliphatic rings. The van der Waals surface area contributed by atoms with E-state index in [4.69, 9.17) is 27.4 Å². The van der Waals surface area contributed by atoms with Crippen LogP contribution in [0.5, 0.6) is 0 Å². The Morgan fingerprint density at radius 3 is 1.40 bits per heavy atom. The number of nitrogens with one attached hydrogen (secondary N) is 1. The van der Waals surface area contributed by atoms with E-state index >= 15 is 0 Å². The molecule has 0 aliphatic carbocycles. The molecule has 2 unspecified atom stereocenters. The summed E-state index contributed by atoms with van der Waals surface area (Å²) in [4.78, 5) is 55.3. The molecule has 0 bridgehead atoms. The zero-order valence-electron chi connectivity index (χ0n) is 37.6. The van der Waals surface area contributed by atoms with E-state index in [9.17, 15) is 19.2 Å². The van der Waals surface area contributed by atoms with E-state index in [0.29, 0.717) is 13.4 Å². The molecule has 3 N–H and O–H groups in total. The summed E-state index contributed by atoms with van der Waals surface area (Å²) < 4.78 is 35.7. The maximum Gasteiger partial charge on any atom is 0.333 e. The van der Waals surface area contributed by atoms with Crippen molar-refractivity contribution in [2.24, 2.45) is 29.4 Å². The monoisotopic (exact) mass is 909 g/mol. The highest BCUT2D eigenvalue weighted by Gasteiger charge is 2.23. The van der Waals surface area contributed by atoms with Crippen molar-refractivity contribution in [3.63, 3.8) is 0 Å². The Morgan fingerprint density at radius 1 is 0.726 bits per heavy atom. The van der Waals surface area contributed by atoms with Crippen LogP contribution in [0.25, 0.3) is 12.2 Å². The molecule has 0 amide bonds. The van der Waals surface area contributed by atoms with Crippen molar-refractivity contribution in [3.05, 3.63) is 120 Å². The predicted octanol–water partition coefficient (Wildman–Crippen LogP) is 8.48. The molecule has 0 aliphatic heterocycles. The average Bonchev–Trinajstić information content (AvgIpc) is 3.96. The van der Waals surface area contributed by atoms with E-state index in [-0.39, 0.29) is 69.9 Å². The van der Waals surface area contributed by atoms with Crippen molar-refractivity contribution in [2.45, 2.75) is 76.9 Å². The van der Waals surface area contributed by atoms with Crippen LogP contribution in [-0.2, 0) is 51.2 Å². The fraction of sp³-hybridized carbons (Fsp3) is 0.435. The second-order valence-corrected chi connectivity index (χ2v) is 13.2. The van der Waals surface area contributed by atoms with E-state index in [1.54, 1.807) is 51.2 Å². The van der Waals surface area contributed by atoms with Crippen molar-refractivity contribution in [2.75, 3.05) is 33.7 Å². The van der Waals surface area contributed by atoms with Crippen LogP contribution in [0, 0.1) is 23.7 Å². The average molecular weight is 911 g/mol. The first-order chi connectivity index (χ1) is 28.9. The fourth-order valence-corrected chi connectivity index (χ4v) is 5.03. The van der Waals surface area contributed by atoms with Gasteiger partial charge in [0.15, 0.2) is 0 Å². The summed E-state index contributed by atoms with van der Waals surface area (Å²) in [6.45, 7) is 11.3. The molecule has 2 atom stereocenters. The molecule has 0 saturated carbocycles. The van der Waals surface area contributed by atoms with Crippen LogP contribution in [0.15, 0.2) is 98.1 Å². The van der Waals surface area contributed by atoms with Crippen LogP contribution in [0.1, 0.15) is 88.8 Å². The molecule has 0 radical (unpaired) electrons. The summed E-state index contributed by atoms with van der Waals surface area (Å²) in [7, 11) is 3.03. The smallest absolute Gasteiger partial charge is 0.333 e. The second-order valence-electron chi connectivity index (χ2n) is 13.2. The van der Waals surface area contributed by atoms with Crippen LogP contribution < -0.4 is 11.1 Å². The van der Waals surface area contributed by atoms with Crippen molar-refractivity contribution in [1.82, 2.24) is 24.4 Å². The normalized spacial score (nSPS) is 11.3. The quantitative estimate of drug-likeness (QED) is 0.0522. The first-order valence-corrected chi connectivity index (χ1v) is 18.7. The standard InChI is InChI=1S/C21H27N3O4.C20H25N3O4.C2H6.3CH4.2ClH/c1-16(2)19(12-22-3)21(26)28-15-27-20(25)9-8-17-4-6-18(7-5-17)13-24-11-10-23-14-24;1-15(2)18(11-21)20(25)27-14-26-19(24)8-7-16-3-5-17(6-4-16)12-23-10-9-22-13-23;1-2;;;;;/h4-11,14,16,19,22H,12-13,15H2,1-3H3;3-10,13,15,18H,11-12,14,21H2,1-2H3;1-2H3;3*1H4;2*1H/b9-8+;8-7+;;;;;;/i;;1D;1T;;;;. The first kappa shape index (κ1) is 58.8. The van der Waals surface area contributed by atoms with Gasteiger partial charge in [0, 0.05) is 65.9 Å². The number of hydrogen-bond acceptors (Lipinski definition) is 12. The molecule has 14 nitrogen and oxygen atoms in total. The highest BCUT2D eigenvalue weighted by Crippen LogP contribution is 2.13. The molecular formula is C46H72Cl2N6O8. The van der Waals surface area contributed by atoms with E-state index in [2.05, 4.69) is 15.3 Å². The number of carbonyl (C=O) groups excluding carboxylic acids is 4. The molecule has 2 aromatic carbocycles. The Morgan fingerprint density at radius 2 is 1.10 bits per heavy atom. The van der Waals surface area contributed by atoms with Gasteiger partial charge in [0.2, 0.25) is 13.6 Å². The molecule has 2 aromatic heterocycles. The molecular weight excluding hydrogens is 835 g/mol. The minimum atomic E-state index is -0.584. The van der Waals surface area contributed by atoms with Gasteiger partial charge in [-0.1, -0.05) is 112 Å². The lowest BCUT2D eigenvalue weighted by atomic mass is 9.96. The van der Waals surface area contributed by atoms with Crippen molar-refractivity contribution in [1.29, 1.82) is 0 Å². The Labute approximate surface area is 385 Å². The fourth-order valence-electron chi connectivity index (χ4n) is 5.03. The summed E-state index contributed by atoms with van der Waals surface area (Å²) in [5, 5.41) is 2.96. The summed E-state index contributed by atoms with van der Waals surface area (Å²) in [6.07, 6.45) is 16.7. The zero-order valence-corrected chi connectivity index (χ0v) is 37.2. The van der Waals surface area contributed by atoms with Gasteiger partial charge in [0.1, 0.15) is 0 Å². The Bertz CT molecular complexity index is 1830. The summed E-state index contributed by atoms with van der Waals surface area (Å²) in [6, 6.07) is 15.6. The summed E-state index contributed by atoms with van der Waals surface area (Å²) in [5.41, 5.74) is 9.53. The van der Waals surface area contributed by atoms with Gasteiger partial charge in [-0.15, -0.1) is 24.8 Å². The minimum absolute atomic E-state index is 0. The lowest BCUT2D eigenvalue weighted by Crippen LogP contribution is -2.32. The number of esters is 4. The Kier molecular flexibility index (Phi) is 34.5. The Hall–Kier alpha value is -5.28. The highest BCUT2D eigenvalue weighted by atomic mass is 35.5. The number of nitrogens with zero attached hydrogens (tertiary/aromatic N) is 4. The van der Waals surface area contributed by atoms with E-state index in [1.807, 2.05) is 97.8 Å². The molecule has 0 saturated heterocycles. The third kappa shape index (κ3) is 24.8. The molecule has 348 valence electrons. The van der Waals surface area contributed by atoms with Gasteiger partial charge in [-0.05, 0) is 53.3 Å². The van der Waals surface area contributed by atoms with E-state index in [0.717, 1.165) is 35.3 Å². The van der Waals surface area contributed by atoms with Crippen LogP contribution in [0.3, 0.4) is 0 Å². The molecule has 62 heavy (non-hydrogen) atoms. The molecule has 16 heteroatoms. The van der Waals surface area contributed by atoms with E-state index in [1.165, 1.54) is 19.6 Å². The summed E-state index contributed by atoms with van der Waals surface area (Å²) >= 11 is 0. The van der Waals surface area contributed by atoms with E-state index < -0.39 is 37.4 Å². The summed E-state index contributed by atoms with van der Waals surface area (Å²) in [5.74, 6) is -2.47. The van der Waals surface area contributed by atoms with Crippen LogP contribution in [-0.4, -0.2) is 76.7 Å². The first-order valence-electron chi connectivity index (χ1n) is 20.4. The van der Waals surface area contributed by atoms with Crippen LogP contribution >= 0.6 is 24.8 Å². The van der Waals surface area contributed by atoms with Gasteiger partial charge in [0.05, 0.1) is 24.5 Å². The second kappa shape index (κ2) is 36.4. The zero-order chi connectivity index (χ0) is 44.7. The van der Waals surface area contributed by atoms with Gasteiger partial charge in [-0.3, -0.25) is 9.59 Å². The van der Waals surface area contributed by atoms with Crippen molar-refractivity contribution in [3.8, 4) is 0 Å². The number of aromatic nitrogens is 4. The third-order valence-corrected chi connectivity index (χ3v) is 8.33. The number of benzene rings is 2. The highest BCUT2D eigenvalue weighted by molar-refractivity contribution is 5.87. The lowest BCUT2D eigenvalue weighted by molar-refractivity contribution is -0.170. The molecule has 4 rings (SSSR count). The number of carbonyl (C=O) groups is 4. The van der Waals surface area contributed by atoms with Gasteiger partial charge >= 0.3 is 23.9 Å². The van der Waals surface area contributed by atoms with Crippen LogP contribution in [0.2, 0.25) is 0 Å².